The second-order valence-corrected chi connectivity index (χ2v) is 7.13. The van der Waals surface area contributed by atoms with Crippen LogP contribution in [-0.2, 0) is 4.79 Å². The van der Waals surface area contributed by atoms with Crippen LogP contribution in [0.3, 0.4) is 0 Å². The number of carboxylic acid groups (broad SMARTS) is 1. The molecule has 1 aliphatic carbocycles. The van der Waals surface area contributed by atoms with Crippen molar-refractivity contribution in [2.24, 2.45) is 17.3 Å². The first kappa shape index (κ1) is 14.8. The highest BCUT2D eigenvalue weighted by Crippen LogP contribution is 2.39. The first-order chi connectivity index (χ1) is 8.94. The molecule has 110 valence electrons. The number of hydrogen-bond acceptors (Lipinski definition) is 2. The van der Waals surface area contributed by atoms with Crippen molar-refractivity contribution in [3.8, 4) is 0 Å². The molecule has 3 unspecified atom stereocenters. The second kappa shape index (κ2) is 5.82. The fourth-order valence-corrected chi connectivity index (χ4v) is 4.10. The Bertz CT molecular complexity index is 323. The second-order valence-electron chi connectivity index (χ2n) is 7.13. The average molecular weight is 267 g/mol. The third-order valence-corrected chi connectivity index (χ3v) is 5.49. The van der Waals surface area contributed by atoms with E-state index >= 15 is 0 Å². The van der Waals surface area contributed by atoms with E-state index in [2.05, 4.69) is 25.7 Å². The van der Waals surface area contributed by atoms with Gasteiger partial charge < -0.3 is 5.11 Å². The van der Waals surface area contributed by atoms with Gasteiger partial charge in [-0.2, -0.15) is 0 Å². The van der Waals surface area contributed by atoms with E-state index in [1.807, 2.05) is 0 Å². The molecule has 2 rings (SSSR count). The SMILES string of the molecule is CC1CC(C)C(C)N(CC2(C(=O)O)CCCCC2)C1. The number of likely N-dealkylation sites (tertiary alicyclic amines) is 1. The Balaban J connectivity index is 2.09. The first-order valence-electron chi connectivity index (χ1n) is 7.92. The van der Waals surface area contributed by atoms with E-state index in [9.17, 15) is 9.90 Å². The smallest absolute Gasteiger partial charge is 0.310 e. The van der Waals surface area contributed by atoms with E-state index in [0.29, 0.717) is 17.9 Å². The number of nitrogens with zero attached hydrogens (tertiary/aromatic N) is 1. The van der Waals surface area contributed by atoms with Crippen LogP contribution in [0.25, 0.3) is 0 Å². The molecule has 3 heteroatoms. The Morgan fingerprint density at radius 3 is 2.42 bits per heavy atom. The molecule has 3 atom stereocenters. The largest absolute Gasteiger partial charge is 0.481 e. The predicted molar refractivity (Wildman–Crippen MR) is 77.1 cm³/mol. The molecule has 0 aromatic heterocycles. The van der Waals surface area contributed by atoms with Crippen LogP contribution in [0.2, 0.25) is 0 Å². The lowest BCUT2D eigenvalue weighted by atomic mass is 9.72. The highest BCUT2D eigenvalue weighted by Gasteiger charge is 2.43. The van der Waals surface area contributed by atoms with Crippen molar-refractivity contribution >= 4 is 5.97 Å². The summed E-state index contributed by atoms with van der Waals surface area (Å²) in [6, 6.07) is 0.523. The summed E-state index contributed by atoms with van der Waals surface area (Å²) in [4.78, 5) is 14.2. The van der Waals surface area contributed by atoms with Gasteiger partial charge >= 0.3 is 5.97 Å². The number of piperidine rings is 1. The van der Waals surface area contributed by atoms with Crippen LogP contribution in [-0.4, -0.2) is 35.1 Å². The summed E-state index contributed by atoms with van der Waals surface area (Å²) in [5, 5.41) is 9.71. The predicted octanol–water partition coefficient (Wildman–Crippen LogP) is 3.39. The van der Waals surface area contributed by atoms with Gasteiger partial charge in [-0.3, -0.25) is 9.69 Å². The molecule has 1 saturated heterocycles. The van der Waals surface area contributed by atoms with Gasteiger partial charge in [-0.25, -0.2) is 0 Å². The number of rotatable bonds is 3. The van der Waals surface area contributed by atoms with E-state index in [-0.39, 0.29) is 0 Å². The fraction of sp³-hybridized carbons (Fsp3) is 0.938. The molecule has 0 spiro atoms. The summed E-state index contributed by atoms with van der Waals surface area (Å²) in [5.74, 6) is 0.809. The molecular formula is C16H29NO2. The van der Waals surface area contributed by atoms with Crippen molar-refractivity contribution in [2.75, 3.05) is 13.1 Å². The minimum atomic E-state index is -0.565. The van der Waals surface area contributed by atoms with Crippen molar-refractivity contribution in [1.29, 1.82) is 0 Å². The minimum absolute atomic E-state index is 0.469. The normalized spacial score (nSPS) is 36.1. The lowest BCUT2D eigenvalue weighted by Gasteiger charge is -2.46. The first-order valence-corrected chi connectivity index (χ1v) is 7.92. The molecule has 3 nitrogen and oxygen atoms in total. The lowest BCUT2D eigenvalue weighted by Crippen LogP contribution is -2.52. The van der Waals surface area contributed by atoms with Crippen LogP contribution >= 0.6 is 0 Å². The van der Waals surface area contributed by atoms with E-state index in [4.69, 9.17) is 0 Å². The Morgan fingerprint density at radius 1 is 1.21 bits per heavy atom. The van der Waals surface area contributed by atoms with Gasteiger partial charge in [-0.05, 0) is 38.0 Å². The van der Waals surface area contributed by atoms with Gasteiger partial charge in [0.1, 0.15) is 0 Å². The third-order valence-electron chi connectivity index (χ3n) is 5.49. The van der Waals surface area contributed by atoms with Crippen LogP contribution in [0.1, 0.15) is 59.3 Å². The van der Waals surface area contributed by atoms with Gasteiger partial charge in [-0.1, -0.05) is 33.1 Å². The van der Waals surface area contributed by atoms with Gasteiger partial charge in [0, 0.05) is 19.1 Å². The van der Waals surface area contributed by atoms with E-state index in [0.717, 1.165) is 38.8 Å². The van der Waals surface area contributed by atoms with E-state index in [1.165, 1.54) is 12.8 Å². The molecule has 2 fully saturated rings. The van der Waals surface area contributed by atoms with Crippen molar-refractivity contribution < 1.29 is 9.90 Å². The summed E-state index contributed by atoms with van der Waals surface area (Å²) in [6.45, 7) is 8.71. The van der Waals surface area contributed by atoms with Crippen molar-refractivity contribution in [3.63, 3.8) is 0 Å². The van der Waals surface area contributed by atoms with Gasteiger partial charge in [0.2, 0.25) is 0 Å². The molecule has 1 saturated carbocycles. The molecule has 0 radical (unpaired) electrons. The quantitative estimate of drug-likeness (QED) is 0.852. The molecular weight excluding hydrogens is 238 g/mol. The highest BCUT2D eigenvalue weighted by atomic mass is 16.4. The van der Waals surface area contributed by atoms with Crippen molar-refractivity contribution in [2.45, 2.75) is 65.3 Å². The fourth-order valence-electron chi connectivity index (χ4n) is 4.10. The Hall–Kier alpha value is -0.570. The van der Waals surface area contributed by atoms with Gasteiger partial charge in [0.15, 0.2) is 0 Å². The van der Waals surface area contributed by atoms with Crippen molar-refractivity contribution in [1.82, 2.24) is 4.90 Å². The molecule has 0 aromatic carbocycles. The Kier molecular flexibility index (Phi) is 4.54. The highest BCUT2D eigenvalue weighted by molar-refractivity contribution is 5.75. The van der Waals surface area contributed by atoms with Crippen molar-refractivity contribution in [3.05, 3.63) is 0 Å². The molecule has 1 heterocycles. The number of carboxylic acids is 1. The summed E-state index contributed by atoms with van der Waals surface area (Å²) < 4.78 is 0. The number of carbonyl (C=O) groups is 1. The monoisotopic (exact) mass is 267 g/mol. The summed E-state index contributed by atoms with van der Waals surface area (Å²) in [7, 11) is 0. The summed E-state index contributed by atoms with van der Waals surface area (Å²) in [6.07, 6.45) is 6.39. The van der Waals surface area contributed by atoms with Gasteiger partial charge in [0.05, 0.1) is 5.41 Å². The zero-order valence-electron chi connectivity index (χ0n) is 12.7. The minimum Gasteiger partial charge on any atom is -0.481 e. The number of aliphatic carboxylic acids is 1. The zero-order chi connectivity index (χ0) is 14.0. The molecule has 19 heavy (non-hydrogen) atoms. The topological polar surface area (TPSA) is 40.5 Å². The molecule has 0 aromatic rings. The molecule has 0 bridgehead atoms. The Labute approximate surface area is 117 Å². The molecule has 2 aliphatic rings. The summed E-state index contributed by atoms with van der Waals surface area (Å²) in [5.41, 5.74) is -0.469. The standard InChI is InChI=1S/C16H29NO2/c1-12-9-13(2)14(3)17(10-12)11-16(15(18)19)7-5-4-6-8-16/h12-14H,4-11H2,1-3H3,(H,18,19). The van der Waals surface area contributed by atoms with Crippen LogP contribution in [0.15, 0.2) is 0 Å². The van der Waals surface area contributed by atoms with Crippen LogP contribution in [0.5, 0.6) is 0 Å². The third kappa shape index (κ3) is 3.13. The summed E-state index contributed by atoms with van der Waals surface area (Å²) >= 11 is 0. The average Bonchev–Trinajstić information content (AvgIpc) is 2.36. The number of hydrogen-bond donors (Lipinski definition) is 1. The molecule has 0 amide bonds. The van der Waals surface area contributed by atoms with Gasteiger partial charge in [0.25, 0.3) is 0 Å². The lowest BCUT2D eigenvalue weighted by molar-refractivity contribution is -0.153. The molecule has 1 N–H and O–H groups in total. The zero-order valence-corrected chi connectivity index (χ0v) is 12.7. The maximum Gasteiger partial charge on any atom is 0.310 e. The van der Waals surface area contributed by atoms with E-state index < -0.39 is 11.4 Å². The van der Waals surface area contributed by atoms with Crippen LogP contribution in [0.4, 0.5) is 0 Å². The van der Waals surface area contributed by atoms with Crippen LogP contribution in [0, 0.1) is 17.3 Å². The maximum atomic E-state index is 11.8. The molecule has 1 aliphatic heterocycles. The van der Waals surface area contributed by atoms with Gasteiger partial charge in [-0.15, -0.1) is 0 Å². The van der Waals surface area contributed by atoms with Crippen LogP contribution < -0.4 is 0 Å². The maximum absolute atomic E-state index is 11.8. The van der Waals surface area contributed by atoms with E-state index in [1.54, 1.807) is 0 Å². The Morgan fingerprint density at radius 2 is 1.84 bits per heavy atom.